The van der Waals surface area contributed by atoms with Gasteiger partial charge in [0, 0.05) is 0 Å². The molecule has 0 heterocycles. The van der Waals surface area contributed by atoms with Gasteiger partial charge in [0.2, 0.25) is 0 Å². The summed E-state index contributed by atoms with van der Waals surface area (Å²) < 4.78 is 56.9. The Morgan fingerprint density at radius 2 is 1.61 bits per heavy atom. The highest BCUT2D eigenvalue weighted by Gasteiger charge is 2.25. The first kappa shape index (κ1) is 19.7. The monoisotopic (exact) mass is 406 g/mol. The van der Waals surface area contributed by atoms with Crippen LogP contribution in [0.1, 0.15) is 6.92 Å². The molecule has 1 atom stereocenters. The number of hydrazine groups is 1. The fourth-order valence-electron chi connectivity index (χ4n) is 2.51. The van der Waals surface area contributed by atoms with Gasteiger partial charge in [0.25, 0.3) is 15.9 Å². The topological polar surface area (TPSA) is 84.5 Å². The summed E-state index contributed by atoms with van der Waals surface area (Å²) in [6.07, 6.45) is -1.07. The summed E-state index contributed by atoms with van der Waals surface area (Å²) in [4.78, 5) is 12.6. The predicted molar refractivity (Wildman–Crippen MR) is 98.9 cm³/mol. The zero-order chi connectivity index (χ0) is 20.3. The van der Waals surface area contributed by atoms with Crippen molar-refractivity contribution in [3.63, 3.8) is 0 Å². The van der Waals surface area contributed by atoms with Crippen molar-refractivity contribution < 1.29 is 26.7 Å². The molecule has 2 N–H and O–H groups in total. The van der Waals surface area contributed by atoms with Crippen molar-refractivity contribution in [1.82, 2.24) is 10.3 Å². The lowest BCUT2D eigenvalue weighted by Crippen LogP contribution is -2.47. The lowest BCUT2D eigenvalue weighted by Gasteiger charge is -2.16. The first-order chi connectivity index (χ1) is 13.3. The SMILES string of the molecule is C[C@@H](Oc1ccc2ccccc2c1)C(=O)NNS(=O)(=O)c1c(F)cccc1F. The molecule has 3 aromatic carbocycles. The van der Waals surface area contributed by atoms with Crippen LogP contribution in [0.2, 0.25) is 0 Å². The molecule has 146 valence electrons. The molecule has 1 amide bonds. The lowest BCUT2D eigenvalue weighted by molar-refractivity contribution is -0.127. The zero-order valence-corrected chi connectivity index (χ0v) is 15.5. The molecule has 0 aromatic heterocycles. The number of halogens is 2. The molecule has 0 saturated heterocycles. The summed E-state index contributed by atoms with van der Waals surface area (Å²) in [5.41, 5.74) is 1.90. The molecule has 0 spiro atoms. The van der Waals surface area contributed by atoms with Crippen molar-refractivity contribution in [2.75, 3.05) is 0 Å². The van der Waals surface area contributed by atoms with E-state index in [9.17, 15) is 22.0 Å². The normalized spacial score (nSPS) is 12.5. The van der Waals surface area contributed by atoms with Crippen LogP contribution in [0.5, 0.6) is 5.75 Å². The maximum absolute atomic E-state index is 13.6. The number of fused-ring (bicyclic) bond motifs is 1. The van der Waals surface area contributed by atoms with E-state index in [1.807, 2.05) is 35.8 Å². The summed E-state index contributed by atoms with van der Waals surface area (Å²) in [7, 11) is -4.64. The van der Waals surface area contributed by atoms with Gasteiger partial charge in [-0.2, -0.15) is 0 Å². The number of hydrogen-bond donors (Lipinski definition) is 2. The number of carbonyl (C=O) groups excluding carboxylic acids is 1. The van der Waals surface area contributed by atoms with Crippen molar-refractivity contribution in [2.45, 2.75) is 17.9 Å². The van der Waals surface area contributed by atoms with E-state index >= 15 is 0 Å². The van der Waals surface area contributed by atoms with Gasteiger partial charge in [-0.05, 0) is 42.0 Å². The summed E-state index contributed by atoms with van der Waals surface area (Å²) >= 11 is 0. The fourth-order valence-corrected chi connectivity index (χ4v) is 3.49. The van der Waals surface area contributed by atoms with Gasteiger partial charge in [0.05, 0.1) is 0 Å². The third-order valence-corrected chi connectivity index (χ3v) is 5.20. The van der Waals surface area contributed by atoms with Crippen LogP contribution in [0, 0.1) is 11.6 Å². The highest BCUT2D eigenvalue weighted by molar-refractivity contribution is 7.89. The standard InChI is InChI=1S/C19H16F2N2O4S/c1-12(27-15-10-9-13-5-2-3-6-14(13)11-15)19(24)22-23-28(25,26)18-16(20)7-4-8-17(18)21/h2-12,23H,1H3,(H,22,24)/t12-/m1/s1. The number of nitrogens with one attached hydrogen (secondary N) is 2. The molecule has 0 radical (unpaired) electrons. The minimum absolute atomic E-state index is 0.407. The molecule has 0 aliphatic heterocycles. The largest absolute Gasteiger partial charge is 0.481 e. The van der Waals surface area contributed by atoms with Crippen molar-refractivity contribution in [3.8, 4) is 5.75 Å². The number of rotatable bonds is 6. The minimum atomic E-state index is -4.64. The molecular weight excluding hydrogens is 390 g/mol. The van der Waals surface area contributed by atoms with Gasteiger partial charge in [0.1, 0.15) is 17.4 Å². The third kappa shape index (κ3) is 4.26. The van der Waals surface area contributed by atoms with Crippen molar-refractivity contribution >= 4 is 26.7 Å². The lowest BCUT2D eigenvalue weighted by atomic mass is 10.1. The third-order valence-electron chi connectivity index (χ3n) is 3.90. The van der Waals surface area contributed by atoms with E-state index in [0.717, 1.165) is 29.0 Å². The van der Waals surface area contributed by atoms with E-state index < -0.39 is 38.6 Å². The molecule has 3 aromatic rings. The van der Waals surface area contributed by atoms with Crippen LogP contribution in [-0.2, 0) is 14.8 Å². The van der Waals surface area contributed by atoms with E-state index in [0.29, 0.717) is 5.75 Å². The predicted octanol–water partition coefficient (Wildman–Crippen LogP) is 2.90. The number of hydrogen-bond acceptors (Lipinski definition) is 4. The second-order valence-electron chi connectivity index (χ2n) is 5.91. The van der Waals surface area contributed by atoms with Gasteiger partial charge >= 0.3 is 0 Å². The van der Waals surface area contributed by atoms with Crippen LogP contribution in [0.25, 0.3) is 10.8 Å². The number of amides is 1. The molecule has 0 unspecified atom stereocenters. The van der Waals surface area contributed by atoms with E-state index in [1.165, 1.54) is 6.92 Å². The Hall–Kier alpha value is -3.04. The molecule has 28 heavy (non-hydrogen) atoms. The van der Waals surface area contributed by atoms with Crippen molar-refractivity contribution in [2.24, 2.45) is 0 Å². The fraction of sp³-hybridized carbons (Fsp3) is 0.105. The van der Waals surface area contributed by atoms with Crippen LogP contribution in [-0.4, -0.2) is 20.4 Å². The molecule has 0 aliphatic rings. The average Bonchev–Trinajstić information content (AvgIpc) is 2.65. The summed E-state index contributed by atoms with van der Waals surface area (Å²) in [5.74, 6) is -2.98. The number of sulfonamides is 1. The Bertz CT molecular complexity index is 1120. The van der Waals surface area contributed by atoms with Crippen LogP contribution in [0.15, 0.2) is 65.6 Å². The van der Waals surface area contributed by atoms with Crippen molar-refractivity contribution in [3.05, 3.63) is 72.3 Å². The Kier molecular flexibility index (Phi) is 5.57. The molecule has 9 heteroatoms. The molecule has 0 saturated carbocycles. The van der Waals surface area contributed by atoms with Crippen LogP contribution in [0.4, 0.5) is 8.78 Å². The first-order valence-electron chi connectivity index (χ1n) is 8.19. The Morgan fingerprint density at radius 1 is 0.964 bits per heavy atom. The van der Waals surface area contributed by atoms with E-state index in [-0.39, 0.29) is 0 Å². The van der Waals surface area contributed by atoms with Gasteiger partial charge in [-0.25, -0.2) is 17.2 Å². The first-order valence-corrected chi connectivity index (χ1v) is 9.67. The Labute approximate surface area is 160 Å². The van der Waals surface area contributed by atoms with Gasteiger partial charge < -0.3 is 4.74 Å². The Balaban J connectivity index is 1.66. The maximum Gasteiger partial charge on any atom is 0.275 e. The number of carbonyl (C=O) groups is 1. The number of ether oxygens (including phenoxy) is 1. The van der Waals surface area contributed by atoms with Gasteiger partial charge in [-0.3, -0.25) is 10.2 Å². The van der Waals surface area contributed by atoms with Gasteiger partial charge in [0.15, 0.2) is 11.0 Å². The second kappa shape index (κ2) is 7.91. The quantitative estimate of drug-likeness (QED) is 0.617. The number of benzene rings is 3. The van der Waals surface area contributed by atoms with Crippen LogP contribution < -0.4 is 15.0 Å². The molecule has 6 nitrogen and oxygen atoms in total. The minimum Gasteiger partial charge on any atom is -0.481 e. The average molecular weight is 406 g/mol. The van der Waals surface area contributed by atoms with Gasteiger partial charge in [-0.1, -0.05) is 36.4 Å². The summed E-state index contributed by atoms with van der Waals surface area (Å²) in [6.45, 7) is 1.41. The molecule has 0 aliphatic carbocycles. The molecule has 0 bridgehead atoms. The maximum atomic E-state index is 13.6. The van der Waals surface area contributed by atoms with E-state index in [1.54, 1.807) is 17.0 Å². The molecule has 3 rings (SSSR count). The highest BCUT2D eigenvalue weighted by Crippen LogP contribution is 2.21. The summed E-state index contributed by atoms with van der Waals surface area (Å²) in [5, 5.41) is 1.90. The second-order valence-corrected chi connectivity index (χ2v) is 7.53. The molecular formula is C19H16F2N2O4S. The summed E-state index contributed by atoms with van der Waals surface area (Å²) in [6, 6.07) is 15.4. The highest BCUT2D eigenvalue weighted by atomic mass is 32.2. The van der Waals surface area contributed by atoms with Crippen LogP contribution in [0.3, 0.4) is 0 Å². The smallest absolute Gasteiger partial charge is 0.275 e. The van der Waals surface area contributed by atoms with E-state index in [4.69, 9.17) is 4.74 Å². The van der Waals surface area contributed by atoms with Gasteiger partial charge in [-0.15, -0.1) is 4.83 Å². The Morgan fingerprint density at radius 3 is 2.29 bits per heavy atom. The zero-order valence-electron chi connectivity index (χ0n) is 14.6. The van der Waals surface area contributed by atoms with E-state index in [2.05, 4.69) is 0 Å². The molecule has 0 fully saturated rings. The van der Waals surface area contributed by atoms with Crippen LogP contribution >= 0.6 is 0 Å². The van der Waals surface area contributed by atoms with Crippen molar-refractivity contribution in [1.29, 1.82) is 0 Å².